The van der Waals surface area contributed by atoms with E-state index in [0.29, 0.717) is 11.3 Å². The molecule has 8 nitrogen and oxygen atoms in total. The number of hydrogen-bond acceptors (Lipinski definition) is 6. The minimum absolute atomic E-state index is 0.369. The minimum Gasteiger partial charge on any atom is -0.358 e. The van der Waals surface area contributed by atoms with Crippen LogP contribution in [0.3, 0.4) is 0 Å². The molecule has 18 heavy (non-hydrogen) atoms. The first-order valence-corrected chi connectivity index (χ1v) is 5.04. The fraction of sp³-hybridized carbons (Fsp3) is 0. The van der Waals surface area contributed by atoms with Gasteiger partial charge < -0.3 is 10.1 Å². The molecule has 0 fully saturated rings. The van der Waals surface area contributed by atoms with E-state index in [4.69, 9.17) is 0 Å². The smallest absolute Gasteiger partial charge is 0.358 e. The zero-order chi connectivity index (χ0) is 12.5. The molecule has 0 unspecified atom stereocenters. The van der Waals surface area contributed by atoms with E-state index in [1.165, 1.54) is 10.7 Å². The average Bonchev–Trinajstić information content (AvgIpc) is 2.82. The van der Waals surface area contributed by atoms with E-state index in [2.05, 4.69) is 20.5 Å². The first-order valence-electron chi connectivity index (χ1n) is 5.04. The Kier molecular flexibility index (Phi) is 2.19. The molecule has 8 heteroatoms. The molecular weight excluding hydrogens is 236 g/mol. The second kappa shape index (κ2) is 3.84. The van der Waals surface area contributed by atoms with Crippen LogP contribution in [0, 0.1) is 10.1 Å². The molecular formula is C10H6N6O2. The summed E-state index contributed by atoms with van der Waals surface area (Å²) in [4.78, 5) is 9.93. The van der Waals surface area contributed by atoms with Crippen molar-refractivity contribution < 1.29 is 4.92 Å². The van der Waals surface area contributed by atoms with Gasteiger partial charge in [-0.05, 0) is 10.0 Å². The third-order valence-electron chi connectivity index (χ3n) is 2.39. The predicted molar refractivity (Wildman–Crippen MR) is 60.7 cm³/mol. The SMILES string of the molecule is O=[N+]([O-])c1cn2nnc(-c3ccccc3)c2nn1. The molecule has 0 aliphatic carbocycles. The quantitative estimate of drug-likeness (QED) is 0.492. The van der Waals surface area contributed by atoms with Crippen molar-refractivity contribution in [1.82, 2.24) is 25.0 Å². The molecule has 0 N–H and O–H groups in total. The van der Waals surface area contributed by atoms with Crippen LogP contribution in [0.4, 0.5) is 5.82 Å². The third-order valence-corrected chi connectivity index (χ3v) is 2.39. The van der Waals surface area contributed by atoms with E-state index in [1.54, 1.807) is 0 Å². The molecule has 2 heterocycles. The fourth-order valence-electron chi connectivity index (χ4n) is 1.57. The number of aromatic nitrogens is 5. The van der Waals surface area contributed by atoms with Gasteiger partial charge in [0, 0.05) is 5.56 Å². The number of hydrogen-bond donors (Lipinski definition) is 0. The summed E-state index contributed by atoms with van der Waals surface area (Å²) in [6.07, 6.45) is 1.18. The van der Waals surface area contributed by atoms with Gasteiger partial charge in [-0.2, -0.15) is 4.52 Å². The van der Waals surface area contributed by atoms with Gasteiger partial charge in [-0.3, -0.25) is 0 Å². The predicted octanol–water partition coefficient (Wildman–Crippen LogP) is 1.09. The molecule has 0 spiro atoms. The maximum Gasteiger partial charge on any atom is 0.409 e. The summed E-state index contributed by atoms with van der Waals surface area (Å²) in [5.74, 6) is -0.369. The normalized spacial score (nSPS) is 10.7. The topological polar surface area (TPSA) is 99.1 Å². The van der Waals surface area contributed by atoms with Gasteiger partial charge in [-0.1, -0.05) is 35.5 Å². The van der Waals surface area contributed by atoms with Crippen molar-refractivity contribution in [2.75, 3.05) is 0 Å². The third kappa shape index (κ3) is 1.56. The second-order valence-electron chi connectivity index (χ2n) is 3.52. The average molecular weight is 242 g/mol. The highest BCUT2D eigenvalue weighted by atomic mass is 16.6. The van der Waals surface area contributed by atoms with E-state index in [-0.39, 0.29) is 5.82 Å². The van der Waals surface area contributed by atoms with E-state index in [1.807, 2.05) is 30.3 Å². The lowest BCUT2D eigenvalue weighted by molar-refractivity contribution is -0.390. The van der Waals surface area contributed by atoms with Crippen molar-refractivity contribution >= 4 is 11.5 Å². The Labute approximate surface area is 100 Å². The van der Waals surface area contributed by atoms with Crippen LogP contribution in [0.25, 0.3) is 16.9 Å². The molecule has 0 radical (unpaired) electrons. The molecule has 3 aromatic rings. The first-order chi connectivity index (χ1) is 8.75. The van der Waals surface area contributed by atoms with Gasteiger partial charge in [0.15, 0.2) is 0 Å². The molecule has 0 atom stereocenters. The summed E-state index contributed by atoms with van der Waals surface area (Å²) < 4.78 is 1.24. The number of nitro groups is 1. The molecule has 0 saturated carbocycles. The Hall–Kier alpha value is -2.90. The molecule has 3 rings (SSSR count). The lowest BCUT2D eigenvalue weighted by atomic mass is 10.2. The molecule has 0 saturated heterocycles. The molecule has 0 bridgehead atoms. The molecule has 88 valence electrons. The van der Waals surface area contributed by atoms with E-state index < -0.39 is 4.92 Å². The molecule has 2 aromatic heterocycles. The summed E-state index contributed by atoms with van der Waals surface area (Å²) in [7, 11) is 0. The van der Waals surface area contributed by atoms with Crippen molar-refractivity contribution in [3.8, 4) is 11.3 Å². The Morgan fingerprint density at radius 1 is 1.11 bits per heavy atom. The maximum atomic E-state index is 10.6. The van der Waals surface area contributed by atoms with Crippen LogP contribution in [0.5, 0.6) is 0 Å². The van der Waals surface area contributed by atoms with Gasteiger partial charge in [-0.25, -0.2) is 0 Å². The second-order valence-corrected chi connectivity index (χ2v) is 3.52. The van der Waals surface area contributed by atoms with E-state index >= 15 is 0 Å². The van der Waals surface area contributed by atoms with Crippen molar-refractivity contribution in [3.63, 3.8) is 0 Å². The number of benzene rings is 1. The highest BCUT2D eigenvalue weighted by Gasteiger charge is 2.16. The Bertz CT molecular complexity index is 724. The van der Waals surface area contributed by atoms with Gasteiger partial charge >= 0.3 is 5.82 Å². The van der Waals surface area contributed by atoms with Crippen molar-refractivity contribution in [3.05, 3.63) is 46.6 Å². The molecule has 0 amide bonds. The van der Waals surface area contributed by atoms with Crippen LogP contribution in [0.1, 0.15) is 0 Å². The summed E-state index contributed by atoms with van der Waals surface area (Å²) in [6.45, 7) is 0. The van der Waals surface area contributed by atoms with E-state index in [0.717, 1.165) is 5.56 Å². The van der Waals surface area contributed by atoms with Gasteiger partial charge in [0.05, 0.1) is 5.10 Å². The molecule has 0 aliphatic heterocycles. The fourth-order valence-corrected chi connectivity index (χ4v) is 1.57. The van der Waals surface area contributed by atoms with E-state index in [9.17, 15) is 10.1 Å². The lowest BCUT2D eigenvalue weighted by Crippen LogP contribution is -1.99. The van der Waals surface area contributed by atoms with Gasteiger partial charge in [0.2, 0.25) is 5.65 Å². The Morgan fingerprint density at radius 3 is 2.61 bits per heavy atom. The highest BCUT2D eigenvalue weighted by molar-refractivity contribution is 5.72. The molecule has 0 aliphatic rings. The van der Waals surface area contributed by atoms with Crippen molar-refractivity contribution in [1.29, 1.82) is 0 Å². The monoisotopic (exact) mass is 242 g/mol. The van der Waals surface area contributed by atoms with Gasteiger partial charge in [0.25, 0.3) is 0 Å². The van der Waals surface area contributed by atoms with Crippen LogP contribution in [0.2, 0.25) is 0 Å². The number of fused-ring (bicyclic) bond motifs is 1. The number of nitrogens with zero attached hydrogens (tertiary/aromatic N) is 6. The Balaban J connectivity index is 2.19. The van der Waals surface area contributed by atoms with Crippen molar-refractivity contribution in [2.45, 2.75) is 0 Å². The standard InChI is InChI=1S/C10H6N6O2/c17-16(18)8-6-15-10(13-11-8)9(12-14-15)7-4-2-1-3-5-7/h1-6H. The first kappa shape index (κ1) is 10.3. The van der Waals surface area contributed by atoms with Crippen LogP contribution < -0.4 is 0 Å². The highest BCUT2D eigenvalue weighted by Crippen LogP contribution is 2.20. The van der Waals surface area contributed by atoms with Crippen LogP contribution >= 0.6 is 0 Å². The summed E-state index contributed by atoms with van der Waals surface area (Å²) in [6, 6.07) is 9.31. The Morgan fingerprint density at radius 2 is 1.89 bits per heavy atom. The largest absolute Gasteiger partial charge is 0.409 e. The van der Waals surface area contributed by atoms with Crippen LogP contribution in [-0.4, -0.2) is 29.9 Å². The zero-order valence-corrected chi connectivity index (χ0v) is 8.96. The van der Waals surface area contributed by atoms with Gasteiger partial charge in [-0.15, -0.1) is 5.10 Å². The van der Waals surface area contributed by atoms with Gasteiger partial charge in [0.1, 0.15) is 11.9 Å². The summed E-state index contributed by atoms with van der Waals surface area (Å²) in [5, 5.41) is 25.6. The minimum atomic E-state index is -0.629. The van der Waals surface area contributed by atoms with Crippen LogP contribution in [-0.2, 0) is 0 Å². The maximum absolute atomic E-state index is 10.6. The number of rotatable bonds is 2. The lowest BCUT2D eigenvalue weighted by Gasteiger charge is -1.94. The van der Waals surface area contributed by atoms with Crippen LogP contribution in [0.15, 0.2) is 36.5 Å². The summed E-state index contributed by atoms with van der Waals surface area (Å²) >= 11 is 0. The van der Waals surface area contributed by atoms with Crippen molar-refractivity contribution in [2.24, 2.45) is 0 Å². The zero-order valence-electron chi connectivity index (χ0n) is 8.96. The molecule has 1 aromatic carbocycles. The summed E-state index contributed by atoms with van der Waals surface area (Å²) in [5.41, 5.74) is 1.75.